The number of fused-ring (bicyclic) bond motifs is 2. The van der Waals surface area contributed by atoms with Crippen LogP contribution in [0.1, 0.15) is 83.1 Å². The quantitative estimate of drug-likeness (QED) is 0.415. The van der Waals surface area contributed by atoms with Crippen molar-refractivity contribution in [1.29, 1.82) is 5.26 Å². The van der Waals surface area contributed by atoms with Gasteiger partial charge in [-0.1, -0.05) is 12.8 Å². The van der Waals surface area contributed by atoms with E-state index in [1.807, 2.05) is 6.07 Å². The van der Waals surface area contributed by atoms with Gasteiger partial charge in [0.15, 0.2) is 0 Å². The van der Waals surface area contributed by atoms with Gasteiger partial charge in [-0.05, 0) is 69.1 Å². The lowest BCUT2D eigenvalue weighted by Gasteiger charge is -2.11. The van der Waals surface area contributed by atoms with Crippen LogP contribution < -0.4 is 5.32 Å². The number of thioether (sulfide) groups is 1. The van der Waals surface area contributed by atoms with Gasteiger partial charge in [0, 0.05) is 22.7 Å². The van der Waals surface area contributed by atoms with Gasteiger partial charge in [0.1, 0.15) is 16.1 Å². The zero-order valence-corrected chi connectivity index (χ0v) is 20.6. The number of pyridine rings is 1. The first-order valence-electron chi connectivity index (χ1n) is 11.8. The van der Waals surface area contributed by atoms with Crippen LogP contribution in [-0.4, -0.2) is 29.2 Å². The summed E-state index contributed by atoms with van der Waals surface area (Å²) in [6.45, 7) is 2.11. The van der Waals surface area contributed by atoms with E-state index >= 15 is 0 Å². The Hall–Kier alpha value is -2.37. The first kappa shape index (κ1) is 23.8. The third-order valence-electron chi connectivity index (χ3n) is 6.11. The number of aromatic nitrogens is 1. The van der Waals surface area contributed by atoms with Crippen LogP contribution in [0.25, 0.3) is 0 Å². The Kier molecular flexibility index (Phi) is 8.05. The van der Waals surface area contributed by atoms with Gasteiger partial charge < -0.3 is 10.1 Å². The zero-order valence-electron chi connectivity index (χ0n) is 19.0. The van der Waals surface area contributed by atoms with Crippen LogP contribution in [0.5, 0.6) is 0 Å². The number of hydrogen-bond donors (Lipinski definition) is 1. The Labute approximate surface area is 203 Å². The Bertz CT molecular complexity index is 1090. The molecule has 8 heteroatoms. The first-order chi connectivity index (χ1) is 16.1. The maximum Gasteiger partial charge on any atom is 0.341 e. The summed E-state index contributed by atoms with van der Waals surface area (Å²) in [5.74, 6) is 0.0368. The number of carbonyl (C=O) groups excluding carboxylic acids is 2. The third kappa shape index (κ3) is 5.59. The van der Waals surface area contributed by atoms with Crippen LogP contribution in [0.2, 0.25) is 0 Å². The van der Waals surface area contributed by atoms with Crippen LogP contribution in [0.3, 0.4) is 0 Å². The van der Waals surface area contributed by atoms with Crippen molar-refractivity contribution in [1.82, 2.24) is 4.98 Å². The number of anilines is 1. The SMILES string of the molecule is CCOC(=O)c1c(NC(=O)CCSc2nc3c(cc2C#N)CCC3)sc2c1CCCCCC2. The maximum atomic E-state index is 12.8. The number of nitriles is 1. The molecule has 4 rings (SSSR count). The molecule has 2 heterocycles. The summed E-state index contributed by atoms with van der Waals surface area (Å²) in [7, 11) is 0. The summed E-state index contributed by atoms with van der Waals surface area (Å²) in [5, 5.41) is 13.8. The summed E-state index contributed by atoms with van der Waals surface area (Å²) >= 11 is 2.97. The van der Waals surface area contributed by atoms with Crippen molar-refractivity contribution < 1.29 is 14.3 Å². The molecule has 33 heavy (non-hydrogen) atoms. The summed E-state index contributed by atoms with van der Waals surface area (Å²) in [4.78, 5) is 31.4. The lowest BCUT2D eigenvalue weighted by Crippen LogP contribution is -2.15. The number of nitrogens with zero attached hydrogens (tertiary/aromatic N) is 2. The number of aryl methyl sites for hydroxylation is 3. The molecule has 0 aromatic carbocycles. The molecule has 0 unspecified atom stereocenters. The molecule has 2 aliphatic rings. The van der Waals surface area contributed by atoms with E-state index in [4.69, 9.17) is 4.74 Å². The van der Waals surface area contributed by atoms with Crippen LogP contribution in [-0.2, 0) is 35.2 Å². The van der Waals surface area contributed by atoms with E-state index in [1.54, 1.807) is 6.92 Å². The highest BCUT2D eigenvalue weighted by atomic mass is 32.2. The number of nitrogens with one attached hydrogen (secondary N) is 1. The summed E-state index contributed by atoms with van der Waals surface area (Å²) in [6, 6.07) is 4.19. The van der Waals surface area contributed by atoms with Crippen LogP contribution in [0.15, 0.2) is 11.1 Å². The van der Waals surface area contributed by atoms with Crippen LogP contribution >= 0.6 is 23.1 Å². The molecule has 174 valence electrons. The Morgan fingerprint density at radius 3 is 2.79 bits per heavy atom. The molecule has 2 aromatic rings. The smallest absolute Gasteiger partial charge is 0.341 e. The van der Waals surface area contributed by atoms with Crippen molar-refractivity contribution in [2.24, 2.45) is 0 Å². The normalized spacial score (nSPS) is 15.0. The molecule has 0 spiro atoms. The highest BCUT2D eigenvalue weighted by molar-refractivity contribution is 7.99. The van der Waals surface area contributed by atoms with Gasteiger partial charge in [-0.3, -0.25) is 4.79 Å². The number of thiophene rings is 1. The van der Waals surface area contributed by atoms with E-state index in [0.29, 0.717) is 33.5 Å². The predicted octanol–water partition coefficient (Wildman–Crippen LogP) is 5.46. The van der Waals surface area contributed by atoms with E-state index in [1.165, 1.54) is 40.0 Å². The lowest BCUT2D eigenvalue weighted by atomic mass is 9.96. The van der Waals surface area contributed by atoms with E-state index in [-0.39, 0.29) is 18.3 Å². The van der Waals surface area contributed by atoms with Crippen molar-refractivity contribution in [3.63, 3.8) is 0 Å². The summed E-state index contributed by atoms with van der Waals surface area (Å²) in [6.07, 6.45) is 9.61. The Morgan fingerprint density at radius 1 is 1.18 bits per heavy atom. The molecule has 0 saturated heterocycles. The number of carbonyl (C=O) groups is 2. The number of esters is 1. The maximum absolute atomic E-state index is 12.8. The van der Waals surface area contributed by atoms with Crippen molar-refractivity contribution in [2.75, 3.05) is 17.7 Å². The van der Waals surface area contributed by atoms with E-state index < -0.39 is 0 Å². The largest absolute Gasteiger partial charge is 0.462 e. The van der Waals surface area contributed by atoms with Crippen molar-refractivity contribution in [3.8, 4) is 6.07 Å². The monoisotopic (exact) mass is 483 g/mol. The minimum Gasteiger partial charge on any atom is -0.462 e. The fourth-order valence-electron chi connectivity index (χ4n) is 4.50. The molecule has 2 aromatic heterocycles. The van der Waals surface area contributed by atoms with Gasteiger partial charge in [-0.25, -0.2) is 9.78 Å². The second kappa shape index (κ2) is 11.2. The highest BCUT2D eigenvalue weighted by Crippen LogP contribution is 2.38. The predicted molar refractivity (Wildman–Crippen MR) is 131 cm³/mol. The average molecular weight is 484 g/mol. The van der Waals surface area contributed by atoms with Crippen LogP contribution in [0.4, 0.5) is 5.00 Å². The van der Waals surface area contributed by atoms with E-state index in [0.717, 1.165) is 62.6 Å². The molecule has 1 amide bonds. The molecule has 1 N–H and O–H groups in total. The number of amides is 1. The third-order valence-corrected chi connectivity index (χ3v) is 8.31. The molecule has 0 atom stereocenters. The standard InChI is InChI=1S/C25H29N3O3S2/c1-2-31-25(30)22-18-9-5-3-4-6-11-20(18)33-24(22)28-21(29)12-13-32-23-17(15-26)14-16-8-7-10-19(16)27-23/h14H,2-13H2,1H3,(H,28,29). The number of rotatable bonds is 7. The number of hydrogen-bond acceptors (Lipinski definition) is 7. The average Bonchev–Trinajstić information content (AvgIpc) is 3.37. The molecular formula is C25H29N3O3S2. The fraction of sp³-hybridized carbons (Fsp3) is 0.520. The molecule has 0 aliphatic heterocycles. The van der Waals surface area contributed by atoms with Gasteiger partial charge >= 0.3 is 5.97 Å². The van der Waals surface area contributed by atoms with Gasteiger partial charge in [0.05, 0.1) is 17.7 Å². The van der Waals surface area contributed by atoms with Crippen LogP contribution in [0, 0.1) is 11.3 Å². The molecular weight excluding hydrogens is 454 g/mol. The minimum absolute atomic E-state index is 0.137. The second-order valence-electron chi connectivity index (χ2n) is 8.40. The number of ether oxygens (including phenoxy) is 1. The van der Waals surface area contributed by atoms with Gasteiger partial charge in [-0.2, -0.15) is 5.26 Å². The fourth-order valence-corrected chi connectivity index (χ4v) is 6.71. The van der Waals surface area contributed by atoms with Gasteiger partial charge in [0.25, 0.3) is 0 Å². The Morgan fingerprint density at radius 2 is 2.00 bits per heavy atom. The van der Waals surface area contributed by atoms with E-state index in [9.17, 15) is 14.9 Å². The highest BCUT2D eigenvalue weighted by Gasteiger charge is 2.26. The zero-order chi connectivity index (χ0) is 23.2. The summed E-state index contributed by atoms with van der Waals surface area (Å²) in [5.41, 5.74) is 4.45. The lowest BCUT2D eigenvalue weighted by molar-refractivity contribution is -0.115. The minimum atomic E-state index is -0.346. The van der Waals surface area contributed by atoms with Gasteiger partial charge in [0.2, 0.25) is 5.91 Å². The van der Waals surface area contributed by atoms with Crippen molar-refractivity contribution in [2.45, 2.75) is 76.2 Å². The molecule has 2 aliphatic carbocycles. The Balaban J connectivity index is 1.44. The summed E-state index contributed by atoms with van der Waals surface area (Å²) < 4.78 is 5.32. The topological polar surface area (TPSA) is 92.1 Å². The second-order valence-corrected chi connectivity index (χ2v) is 10.6. The molecule has 0 fully saturated rings. The molecule has 0 radical (unpaired) electrons. The first-order valence-corrected chi connectivity index (χ1v) is 13.6. The van der Waals surface area contributed by atoms with Crippen molar-refractivity contribution in [3.05, 3.63) is 38.9 Å². The van der Waals surface area contributed by atoms with Gasteiger partial charge in [-0.15, -0.1) is 23.1 Å². The molecule has 0 bridgehead atoms. The van der Waals surface area contributed by atoms with E-state index in [2.05, 4.69) is 16.4 Å². The molecule has 0 saturated carbocycles. The van der Waals surface area contributed by atoms with Crippen molar-refractivity contribution >= 4 is 40.0 Å². The molecule has 6 nitrogen and oxygen atoms in total.